The van der Waals surface area contributed by atoms with Crippen LogP contribution >= 0.6 is 0 Å². The SMILES string of the molecule is Cc1cc(OC2CC2)c(C(=O)Nc2cc(F)c(Oc3ccnc4cc(OCCN(C)C(=O)O)ccc34)c(F)c2)cn1. The first-order chi connectivity index (χ1) is 19.7. The maximum atomic E-state index is 15.1. The van der Waals surface area contributed by atoms with Gasteiger partial charge in [0.15, 0.2) is 17.4 Å². The molecule has 0 aliphatic heterocycles. The van der Waals surface area contributed by atoms with E-state index in [1.807, 2.05) is 0 Å². The van der Waals surface area contributed by atoms with E-state index in [2.05, 4.69) is 15.3 Å². The number of hydrogen-bond donors (Lipinski definition) is 2. The monoisotopic (exact) mass is 564 g/mol. The molecule has 1 fully saturated rings. The molecule has 2 aromatic heterocycles. The van der Waals surface area contributed by atoms with Crippen molar-refractivity contribution in [3.8, 4) is 23.0 Å². The largest absolute Gasteiger partial charge is 0.492 e. The predicted octanol–water partition coefficient (Wildman–Crippen LogP) is 5.79. The van der Waals surface area contributed by atoms with Gasteiger partial charge in [0, 0.05) is 60.5 Å². The van der Waals surface area contributed by atoms with Gasteiger partial charge in [-0.1, -0.05) is 0 Å². The van der Waals surface area contributed by atoms with E-state index in [4.69, 9.17) is 19.3 Å². The van der Waals surface area contributed by atoms with Gasteiger partial charge in [-0.05, 0) is 38.0 Å². The van der Waals surface area contributed by atoms with Gasteiger partial charge >= 0.3 is 6.09 Å². The van der Waals surface area contributed by atoms with Crippen molar-refractivity contribution in [2.75, 3.05) is 25.5 Å². The minimum absolute atomic E-state index is 0.0453. The number of aromatic nitrogens is 2. The first-order valence-electron chi connectivity index (χ1n) is 12.7. The van der Waals surface area contributed by atoms with Gasteiger partial charge in [-0.3, -0.25) is 14.8 Å². The van der Waals surface area contributed by atoms with Gasteiger partial charge in [0.2, 0.25) is 0 Å². The Labute approximate surface area is 233 Å². The van der Waals surface area contributed by atoms with Gasteiger partial charge in [-0.15, -0.1) is 0 Å². The molecule has 2 amide bonds. The number of fused-ring (bicyclic) bond motifs is 1. The first-order valence-corrected chi connectivity index (χ1v) is 12.7. The average Bonchev–Trinajstić information content (AvgIpc) is 3.74. The van der Waals surface area contributed by atoms with Gasteiger partial charge in [-0.2, -0.15) is 0 Å². The molecule has 0 unspecified atom stereocenters. The Morgan fingerprint density at radius 2 is 1.83 bits per heavy atom. The van der Waals surface area contributed by atoms with Crippen LogP contribution in [-0.2, 0) is 0 Å². The molecule has 12 heteroatoms. The summed E-state index contributed by atoms with van der Waals surface area (Å²) in [4.78, 5) is 33.3. The van der Waals surface area contributed by atoms with E-state index < -0.39 is 29.4 Å². The highest BCUT2D eigenvalue weighted by Gasteiger charge is 2.26. The summed E-state index contributed by atoms with van der Waals surface area (Å²) in [6.07, 6.45) is 3.56. The van der Waals surface area contributed by atoms with Crippen LogP contribution in [0.5, 0.6) is 23.0 Å². The molecule has 0 saturated heterocycles. The summed E-state index contributed by atoms with van der Waals surface area (Å²) in [5.74, 6) is -2.37. The molecule has 4 aromatic rings. The van der Waals surface area contributed by atoms with Gasteiger partial charge < -0.3 is 29.5 Å². The topological polar surface area (TPSA) is 123 Å². The van der Waals surface area contributed by atoms with Crippen LogP contribution in [0.15, 0.2) is 54.9 Å². The minimum Gasteiger partial charge on any atom is -0.492 e. The molecule has 41 heavy (non-hydrogen) atoms. The number of amides is 2. The summed E-state index contributed by atoms with van der Waals surface area (Å²) in [6.45, 7) is 2.06. The number of aryl methyl sites for hydroxylation is 1. The van der Waals surface area contributed by atoms with Gasteiger partial charge in [-0.25, -0.2) is 13.6 Å². The van der Waals surface area contributed by atoms with Crippen LogP contribution in [0.25, 0.3) is 10.9 Å². The number of nitrogens with one attached hydrogen (secondary N) is 1. The zero-order chi connectivity index (χ0) is 29.1. The third kappa shape index (κ3) is 6.60. The second-order valence-electron chi connectivity index (χ2n) is 9.50. The number of carbonyl (C=O) groups is 2. The number of likely N-dealkylation sites (N-methyl/N-ethyl adjacent to an activating group) is 1. The Balaban J connectivity index is 1.31. The highest BCUT2D eigenvalue weighted by atomic mass is 19.1. The average molecular weight is 565 g/mol. The molecule has 2 aromatic carbocycles. The van der Waals surface area contributed by atoms with E-state index in [9.17, 15) is 9.59 Å². The smallest absolute Gasteiger partial charge is 0.407 e. The van der Waals surface area contributed by atoms with Crippen LogP contribution in [0.3, 0.4) is 0 Å². The molecule has 212 valence electrons. The quantitative estimate of drug-likeness (QED) is 0.248. The van der Waals surface area contributed by atoms with Gasteiger partial charge in [0.1, 0.15) is 29.4 Å². The summed E-state index contributed by atoms with van der Waals surface area (Å²) in [5, 5.41) is 11.9. The second-order valence-corrected chi connectivity index (χ2v) is 9.50. The maximum Gasteiger partial charge on any atom is 0.407 e. The van der Waals surface area contributed by atoms with Crippen molar-refractivity contribution in [1.29, 1.82) is 0 Å². The normalized spacial score (nSPS) is 12.6. The molecule has 1 saturated carbocycles. The first kappa shape index (κ1) is 27.6. The Kier molecular flexibility index (Phi) is 7.81. The lowest BCUT2D eigenvalue weighted by Crippen LogP contribution is -2.29. The van der Waals surface area contributed by atoms with E-state index in [0.717, 1.165) is 29.9 Å². The second kappa shape index (κ2) is 11.6. The van der Waals surface area contributed by atoms with Crippen LogP contribution in [-0.4, -0.2) is 58.3 Å². The number of rotatable bonds is 10. The van der Waals surface area contributed by atoms with E-state index in [0.29, 0.717) is 28.1 Å². The van der Waals surface area contributed by atoms with Crippen molar-refractivity contribution in [2.45, 2.75) is 25.9 Å². The predicted molar refractivity (Wildman–Crippen MR) is 145 cm³/mol. The minimum atomic E-state index is -1.07. The Morgan fingerprint density at radius 1 is 1.07 bits per heavy atom. The van der Waals surface area contributed by atoms with Crippen molar-refractivity contribution in [1.82, 2.24) is 14.9 Å². The number of anilines is 1. The zero-order valence-corrected chi connectivity index (χ0v) is 22.2. The molecule has 0 radical (unpaired) electrons. The zero-order valence-electron chi connectivity index (χ0n) is 22.2. The van der Waals surface area contributed by atoms with Crippen LogP contribution in [0.2, 0.25) is 0 Å². The highest BCUT2D eigenvalue weighted by molar-refractivity contribution is 6.06. The van der Waals surface area contributed by atoms with E-state index in [1.165, 1.54) is 25.5 Å². The fourth-order valence-corrected chi connectivity index (χ4v) is 3.88. The fraction of sp³-hybridized carbons (Fsp3) is 0.241. The van der Waals surface area contributed by atoms with Gasteiger partial charge in [0.05, 0.1) is 18.2 Å². The molecular formula is C29H26F2N4O6. The molecule has 0 atom stereocenters. The Morgan fingerprint density at radius 3 is 2.54 bits per heavy atom. The van der Waals surface area contributed by atoms with Crippen molar-refractivity contribution >= 4 is 28.6 Å². The number of carboxylic acid groups (broad SMARTS) is 1. The molecule has 1 aliphatic rings. The van der Waals surface area contributed by atoms with E-state index >= 15 is 8.78 Å². The van der Waals surface area contributed by atoms with Crippen molar-refractivity contribution in [3.63, 3.8) is 0 Å². The van der Waals surface area contributed by atoms with Crippen molar-refractivity contribution < 1.29 is 37.7 Å². The lowest BCUT2D eigenvalue weighted by molar-refractivity contribution is 0.102. The van der Waals surface area contributed by atoms with Crippen LogP contribution in [0, 0.1) is 18.6 Å². The lowest BCUT2D eigenvalue weighted by Gasteiger charge is -2.15. The van der Waals surface area contributed by atoms with Crippen molar-refractivity contribution in [3.05, 3.63) is 77.8 Å². The third-order valence-corrected chi connectivity index (χ3v) is 6.23. The number of ether oxygens (including phenoxy) is 3. The number of pyridine rings is 2. The Bertz CT molecular complexity index is 1610. The van der Waals surface area contributed by atoms with E-state index in [-0.39, 0.29) is 36.3 Å². The number of carbonyl (C=O) groups excluding carboxylic acids is 1. The van der Waals surface area contributed by atoms with Crippen LogP contribution in [0.4, 0.5) is 19.3 Å². The maximum absolute atomic E-state index is 15.1. The van der Waals surface area contributed by atoms with Crippen molar-refractivity contribution in [2.24, 2.45) is 0 Å². The number of halogens is 2. The molecular weight excluding hydrogens is 538 g/mol. The summed E-state index contributed by atoms with van der Waals surface area (Å²) < 4.78 is 47.1. The lowest BCUT2D eigenvalue weighted by atomic mass is 10.2. The fourth-order valence-electron chi connectivity index (χ4n) is 3.88. The molecule has 5 rings (SSSR count). The molecule has 0 bridgehead atoms. The van der Waals surface area contributed by atoms with Crippen LogP contribution in [0.1, 0.15) is 28.9 Å². The van der Waals surface area contributed by atoms with E-state index in [1.54, 1.807) is 31.2 Å². The molecule has 2 N–H and O–H groups in total. The molecule has 2 heterocycles. The molecule has 10 nitrogen and oxygen atoms in total. The number of benzene rings is 2. The Hall–Kier alpha value is -5.00. The molecule has 1 aliphatic carbocycles. The summed E-state index contributed by atoms with van der Waals surface area (Å²) >= 11 is 0. The summed E-state index contributed by atoms with van der Waals surface area (Å²) in [5.41, 5.74) is 1.16. The highest BCUT2D eigenvalue weighted by Crippen LogP contribution is 2.35. The van der Waals surface area contributed by atoms with Gasteiger partial charge in [0.25, 0.3) is 5.91 Å². The summed E-state index contributed by atoms with van der Waals surface area (Å²) in [7, 11) is 1.43. The standard InChI is InChI=1S/C29H26F2N4O6/c1-16-11-26(40-18-3-4-18)21(15-33-16)28(36)34-17-12-22(30)27(23(31)13-17)41-25-7-8-32-24-14-19(5-6-20(24)25)39-10-9-35(2)29(37)38/h5-8,11-15,18H,3-4,9-10H2,1-2H3,(H,34,36)(H,37,38). The number of nitrogens with zero attached hydrogens (tertiary/aromatic N) is 3. The summed E-state index contributed by atoms with van der Waals surface area (Å²) in [6, 6.07) is 9.88. The van der Waals surface area contributed by atoms with Crippen LogP contribution < -0.4 is 19.5 Å². The molecule has 0 spiro atoms. The number of hydrogen-bond acceptors (Lipinski definition) is 7. The third-order valence-electron chi connectivity index (χ3n) is 6.23.